The summed E-state index contributed by atoms with van der Waals surface area (Å²) < 4.78 is 0. The Morgan fingerprint density at radius 1 is 0.929 bits per heavy atom. The molecule has 0 rings (SSSR count). The first-order valence-electron chi connectivity index (χ1n) is 5.66. The van der Waals surface area contributed by atoms with E-state index in [9.17, 15) is 0 Å². The van der Waals surface area contributed by atoms with E-state index in [-0.39, 0.29) is 0 Å². The highest BCUT2D eigenvalue weighted by Crippen LogP contribution is 1.96. The summed E-state index contributed by atoms with van der Waals surface area (Å²) >= 11 is 0. The SMILES string of the molecule is C=CCCCCO.CCCCCCO. The van der Waals surface area contributed by atoms with E-state index >= 15 is 0 Å². The fourth-order valence-electron chi connectivity index (χ4n) is 0.939. The van der Waals surface area contributed by atoms with Gasteiger partial charge in [-0.15, -0.1) is 6.58 Å². The average molecular weight is 202 g/mol. The molecule has 0 radical (unpaired) electrons. The Kier molecular flexibility index (Phi) is 21.2. The lowest BCUT2D eigenvalue weighted by Gasteiger charge is -1.90. The molecule has 0 aromatic heterocycles. The van der Waals surface area contributed by atoms with Crippen LogP contribution >= 0.6 is 0 Å². The van der Waals surface area contributed by atoms with Crippen molar-refractivity contribution >= 4 is 0 Å². The summed E-state index contributed by atoms with van der Waals surface area (Å²) in [5, 5.41) is 16.6. The smallest absolute Gasteiger partial charge is 0.0431 e. The van der Waals surface area contributed by atoms with Gasteiger partial charge < -0.3 is 10.2 Å². The van der Waals surface area contributed by atoms with Crippen molar-refractivity contribution < 1.29 is 10.2 Å². The molecule has 2 heteroatoms. The quantitative estimate of drug-likeness (QED) is 0.469. The molecule has 14 heavy (non-hydrogen) atoms. The van der Waals surface area contributed by atoms with E-state index in [1.165, 1.54) is 19.3 Å². The molecule has 0 aliphatic heterocycles. The molecule has 0 aliphatic rings. The molecule has 0 aromatic carbocycles. The lowest BCUT2D eigenvalue weighted by Crippen LogP contribution is -1.80. The molecule has 0 atom stereocenters. The fraction of sp³-hybridized carbons (Fsp3) is 0.833. The largest absolute Gasteiger partial charge is 0.396 e. The van der Waals surface area contributed by atoms with Crippen LogP contribution in [0.3, 0.4) is 0 Å². The van der Waals surface area contributed by atoms with Crippen molar-refractivity contribution in [3.05, 3.63) is 12.7 Å². The summed E-state index contributed by atoms with van der Waals surface area (Å²) in [6, 6.07) is 0. The Hall–Kier alpha value is -0.340. The number of allylic oxidation sites excluding steroid dienone is 1. The topological polar surface area (TPSA) is 40.5 Å². The summed E-state index contributed by atoms with van der Waals surface area (Å²) in [6.07, 6.45) is 9.56. The highest BCUT2D eigenvalue weighted by atomic mass is 16.3. The van der Waals surface area contributed by atoms with Crippen LogP contribution in [0.2, 0.25) is 0 Å². The van der Waals surface area contributed by atoms with Gasteiger partial charge in [0.15, 0.2) is 0 Å². The third-order valence-corrected chi connectivity index (χ3v) is 1.83. The van der Waals surface area contributed by atoms with Gasteiger partial charge in [0.25, 0.3) is 0 Å². The minimum absolute atomic E-state index is 0.313. The Morgan fingerprint density at radius 2 is 1.50 bits per heavy atom. The van der Waals surface area contributed by atoms with E-state index in [4.69, 9.17) is 10.2 Å². The second-order valence-electron chi connectivity index (χ2n) is 3.29. The van der Waals surface area contributed by atoms with Gasteiger partial charge in [-0.2, -0.15) is 0 Å². The van der Waals surface area contributed by atoms with Crippen LogP contribution in [0.1, 0.15) is 51.9 Å². The summed E-state index contributed by atoms with van der Waals surface area (Å²) in [7, 11) is 0. The van der Waals surface area contributed by atoms with Gasteiger partial charge in [0.1, 0.15) is 0 Å². The Morgan fingerprint density at radius 3 is 1.93 bits per heavy atom. The number of unbranched alkanes of at least 4 members (excludes halogenated alkanes) is 5. The Labute approximate surface area is 88.7 Å². The molecule has 0 spiro atoms. The van der Waals surface area contributed by atoms with Crippen molar-refractivity contribution in [1.82, 2.24) is 0 Å². The minimum Gasteiger partial charge on any atom is -0.396 e. The van der Waals surface area contributed by atoms with Crippen molar-refractivity contribution in [3.63, 3.8) is 0 Å². The fourth-order valence-corrected chi connectivity index (χ4v) is 0.939. The maximum Gasteiger partial charge on any atom is 0.0431 e. The molecule has 0 saturated heterocycles. The standard InChI is InChI=1S/C6H14O.C6H12O/c2*1-2-3-4-5-6-7/h7H,2-6H2,1H3;2,7H,1,3-6H2. The van der Waals surface area contributed by atoms with Gasteiger partial charge in [-0.1, -0.05) is 32.3 Å². The first-order valence-corrected chi connectivity index (χ1v) is 5.66. The maximum atomic E-state index is 8.29. The summed E-state index contributed by atoms with van der Waals surface area (Å²) in [6.45, 7) is 6.39. The zero-order valence-electron chi connectivity index (χ0n) is 9.54. The predicted molar refractivity (Wildman–Crippen MR) is 62.4 cm³/mol. The van der Waals surface area contributed by atoms with Crippen molar-refractivity contribution in [1.29, 1.82) is 0 Å². The van der Waals surface area contributed by atoms with Gasteiger partial charge in [-0.25, -0.2) is 0 Å². The van der Waals surface area contributed by atoms with Crippen LogP contribution in [-0.2, 0) is 0 Å². The third-order valence-electron chi connectivity index (χ3n) is 1.83. The van der Waals surface area contributed by atoms with Gasteiger partial charge in [-0.05, 0) is 25.7 Å². The molecular weight excluding hydrogens is 176 g/mol. The molecule has 0 bridgehead atoms. The first kappa shape index (κ1) is 16.1. The van der Waals surface area contributed by atoms with Crippen LogP contribution in [0.15, 0.2) is 12.7 Å². The highest BCUT2D eigenvalue weighted by molar-refractivity contribution is 4.64. The monoisotopic (exact) mass is 202 g/mol. The van der Waals surface area contributed by atoms with Gasteiger partial charge in [-0.3, -0.25) is 0 Å². The van der Waals surface area contributed by atoms with Crippen molar-refractivity contribution in [3.8, 4) is 0 Å². The second-order valence-corrected chi connectivity index (χ2v) is 3.29. The van der Waals surface area contributed by atoms with Crippen molar-refractivity contribution in [2.75, 3.05) is 13.2 Å². The van der Waals surface area contributed by atoms with Gasteiger partial charge in [0.2, 0.25) is 0 Å². The lowest BCUT2D eigenvalue weighted by atomic mass is 10.2. The van der Waals surface area contributed by atoms with E-state index in [1.807, 2.05) is 6.08 Å². The molecule has 0 saturated carbocycles. The molecule has 0 fully saturated rings. The Bertz CT molecular complexity index is 88.3. The predicted octanol–water partition coefficient (Wildman–Crippen LogP) is 2.89. The minimum atomic E-state index is 0.313. The van der Waals surface area contributed by atoms with E-state index in [0.717, 1.165) is 25.7 Å². The van der Waals surface area contributed by atoms with Crippen LogP contribution in [0.5, 0.6) is 0 Å². The van der Waals surface area contributed by atoms with Crippen LogP contribution in [0, 0.1) is 0 Å². The number of aliphatic hydroxyl groups excluding tert-OH is 2. The number of rotatable bonds is 8. The number of hydrogen-bond acceptors (Lipinski definition) is 2. The van der Waals surface area contributed by atoms with Crippen LogP contribution in [-0.4, -0.2) is 23.4 Å². The Balaban J connectivity index is 0. The van der Waals surface area contributed by atoms with Gasteiger partial charge >= 0.3 is 0 Å². The van der Waals surface area contributed by atoms with Crippen molar-refractivity contribution in [2.24, 2.45) is 0 Å². The summed E-state index contributed by atoms with van der Waals surface area (Å²) in [5.41, 5.74) is 0. The summed E-state index contributed by atoms with van der Waals surface area (Å²) in [5.74, 6) is 0. The average Bonchev–Trinajstić information content (AvgIpc) is 2.21. The molecule has 0 aliphatic carbocycles. The molecule has 2 nitrogen and oxygen atoms in total. The zero-order chi connectivity index (χ0) is 11.1. The second kappa shape index (κ2) is 18.4. The van der Waals surface area contributed by atoms with E-state index < -0.39 is 0 Å². The lowest BCUT2D eigenvalue weighted by molar-refractivity contribution is 0.283. The van der Waals surface area contributed by atoms with Gasteiger partial charge in [0, 0.05) is 13.2 Å². The normalized spacial score (nSPS) is 9.07. The number of aliphatic hydroxyl groups is 2. The van der Waals surface area contributed by atoms with Crippen LogP contribution < -0.4 is 0 Å². The van der Waals surface area contributed by atoms with Crippen LogP contribution in [0.25, 0.3) is 0 Å². The highest BCUT2D eigenvalue weighted by Gasteiger charge is 1.81. The molecule has 0 aromatic rings. The van der Waals surface area contributed by atoms with E-state index in [2.05, 4.69) is 13.5 Å². The number of hydrogen-bond donors (Lipinski definition) is 2. The summed E-state index contributed by atoms with van der Waals surface area (Å²) in [4.78, 5) is 0. The maximum absolute atomic E-state index is 8.29. The zero-order valence-corrected chi connectivity index (χ0v) is 9.54. The molecule has 0 amide bonds. The van der Waals surface area contributed by atoms with Gasteiger partial charge in [0.05, 0.1) is 0 Å². The molecular formula is C12H26O2. The third kappa shape index (κ3) is 22.6. The molecule has 86 valence electrons. The van der Waals surface area contributed by atoms with Crippen molar-refractivity contribution in [2.45, 2.75) is 51.9 Å². The molecule has 0 heterocycles. The molecule has 2 N–H and O–H groups in total. The molecule has 0 unspecified atom stereocenters. The van der Waals surface area contributed by atoms with Crippen LogP contribution in [0.4, 0.5) is 0 Å². The first-order chi connectivity index (χ1) is 6.83. The van der Waals surface area contributed by atoms with E-state index in [1.54, 1.807) is 0 Å². The van der Waals surface area contributed by atoms with E-state index in [0.29, 0.717) is 13.2 Å².